The molecule has 0 aliphatic carbocycles. The molecule has 0 saturated carbocycles. The maximum absolute atomic E-state index is 12.6. The molecule has 4 nitrogen and oxygen atoms in total. The molecule has 27 heavy (non-hydrogen) atoms. The molecule has 0 aliphatic rings. The standard InChI is InChI=1S/C23H20O4/c24-22(15-19(16-23(25)26)17-7-3-1-4-8-17)18-11-13-21(14-12-18)27-20-9-5-2-6-10-20/h1-14,19H,15-16H2,(H,25,26). The van der Waals surface area contributed by atoms with Gasteiger partial charge in [0.15, 0.2) is 5.78 Å². The second kappa shape index (κ2) is 8.81. The molecule has 0 radical (unpaired) electrons. The van der Waals surface area contributed by atoms with Crippen LogP contribution in [0, 0.1) is 0 Å². The summed E-state index contributed by atoms with van der Waals surface area (Å²) in [6, 6.07) is 25.6. The normalized spacial score (nSPS) is 11.6. The van der Waals surface area contributed by atoms with Crippen LogP contribution in [0.4, 0.5) is 0 Å². The van der Waals surface area contributed by atoms with Crippen LogP contribution >= 0.6 is 0 Å². The lowest BCUT2D eigenvalue weighted by Gasteiger charge is -2.15. The van der Waals surface area contributed by atoms with Gasteiger partial charge in [0.1, 0.15) is 11.5 Å². The summed E-state index contributed by atoms with van der Waals surface area (Å²) in [6.45, 7) is 0. The summed E-state index contributed by atoms with van der Waals surface area (Å²) in [6.07, 6.45) is 0.0696. The number of ketones is 1. The smallest absolute Gasteiger partial charge is 0.303 e. The largest absolute Gasteiger partial charge is 0.481 e. The average Bonchev–Trinajstić information content (AvgIpc) is 2.69. The quantitative estimate of drug-likeness (QED) is 0.553. The number of carboxylic acids is 1. The number of Topliss-reactive ketones (excluding diaryl/α,β-unsaturated/α-hetero) is 1. The molecule has 3 aromatic carbocycles. The molecule has 136 valence electrons. The van der Waals surface area contributed by atoms with Crippen molar-refractivity contribution in [2.24, 2.45) is 0 Å². The molecule has 0 heterocycles. The zero-order valence-electron chi connectivity index (χ0n) is 14.7. The van der Waals surface area contributed by atoms with E-state index in [1.807, 2.05) is 60.7 Å². The highest BCUT2D eigenvalue weighted by molar-refractivity contribution is 5.97. The number of aliphatic carboxylic acids is 1. The van der Waals surface area contributed by atoms with E-state index >= 15 is 0 Å². The van der Waals surface area contributed by atoms with Crippen molar-refractivity contribution in [1.29, 1.82) is 0 Å². The summed E-state index contributed by atoms with van der Waals surface area (Å²) in [5.41, 5.74) is 1.40. The molecule has 3 rings (SSSR count). The Balaban J connectivity index is 1.69. The van der Waals surface area contributed by atoms with Crippen molar-refractivity contribution < 1.29 is 19.4 Å². The summed E-state index contributed by atoms with van der Waals surface area (Å²) < 4.78 is 5.73. The SMILES string of the molecule is O=C(O)CC(CC(=O)c1ccc(Oc2ccccc2)cc1)c1ccccc1. The lowest BCUT2D eigenvalue weighted by molar-refractivity contribution is -0.137. The van der Waals surface area contributed by atoms with Crippen LogP contribution in [0.5, 0.6) is 11.5 Å². The van der Waals surface area contributed by atoms with E-state index in [9.17, 15) is 14.7 Å². The van der Waals surface area contributed by atoms with Gasteiger partial charge in [0.05, 0.1) is 6.42 Å². The van der Waals surface area contributed by atoms with Gasteiger partial charge in [-0.05, 0) is 42.0 Å². The van der Waals surface area contributed by atoms with Crippen LogP contribution in [0.1, 0.15) is 34.7 Å². The average molecular weight is 360 g/mol. The molecule has 0 saturated heterocycles. The molecule has 0 amide bonds. The summed E-state index contributed by atoms with van der Waals surface area (Å²) in [7, 11) is 0. The van der Waals surface area contributed by atoms with Crippen molar-refractivity contribution in [2.45, 2.75) is 18.8 Å². The number of ether oxygens (including phenoxy) is 1. The fraction of sp³-hybridized carbons (Fsp3) is 0.130. The van der Waals surface area contributed by atoms with Gasteiger partial charge in [0.25, 0.3) is 0 Å². The van der Waals surface area contributed by atoms with Crippen molar-refractivity contribution in [3.63, 3.8) is 0 Å². The van der Waals surface area contributed by atoms with Crippen molar-refractivity contribution in [1.82, 2.24) is 0 Å². The molecule has 1 atom stereocenters. The highest BCUT2D eigenvalue weighted by Gasteiger charge is 2.20. The molecule has 0 aromatic heterocycles. The van der Waals surface area contributed by atoms with E-state index in [2.05, 4.69) is 0 Å². The molecule has 4 heteroatoms. The van der Waals surface area contributed by atoms with Crippen LogP contribution in [0.2, 0.25) is 0 Å². The van der Waals surface area contributed by atoms with Crippen LogP contribution in [-0.2, 0) is 4.79 Å². The van der Waals surface area contributed by atoms with Gasteiger partial charge in [-0.3, -0.25) is 9.59 Å². The highest BCUT2D eigenvalue weighted by Crippen LogP contribution is 2.27. The first-order valence-electron chi connectivity index (χ1n) is 8.75. The topological polar surface area (TPSA) is 63.6 Å². The Kier molecular flexibility index (Phi) is 6.00. The maximum atomic E-state index is 12.6. The minimum Gasteiger partial charge on any atom is -0.481 e. The van der Waals surface area contributed by atoms with E-state index in [1.165, 1.54) is 0 Å². The minimum absolute atomic E-state index is 0.0784. The van der Waals surface area contributed by atoms with Crippen molar-refractivity contribution in [3.8, 4) is 11.5 Å². The molecule has 0 aliphatic heterocycles. The van der Waals surface area contributed by atoms with E-state index in [4.69, 9.17) is 4.74 Å². The lowest BCUT2D eigenvalue weighted by Crippen LogP contribution is -2.12. The van der Waals surface area contributed by atoms with E-state index in [1.54, 1.807) is 24.3 Å². The Labute approximate surface area is 158 Å². The molecule has 3 aromatic rings. The first-order valence-corrected chi connectivity index (χ1v) is 8.75. The van der Waals surface area contributed by atoms with Gasteiger partial charge in [-0.25, -0.2) is 0 Å². The third-order valence-corrected chi connectivity index (χ3v) is 4.28. The van der Waals surface area contributed by atoms with Crippen molar-refractivity contribution in [2.75, 3.05) is 0 Å². The summed E-state index contributed by atoms with van der Waals surface area (Å²) in [4.78, 5) is 23.8. The summed E-state index contributed by atoms with van der Waals surface area (Å²) in [5, 5.41) is 9.18. The fourth-order valence-electron chi connectivity index (χ4n) is 2.92. The second-order valence-electron chi connectivity index (χ2n) is 6.27. The van der Waals surface area contributed by atoms with Gasteiger partial charge >= 0.3 is 5.97 Å². The van der Waals surface area contributed by atoms with Crippen LogP contribution in [-0.4, -0.2) is 16.9 Å². The Hall–Kier alpha value is -3.40. The zero-order valence-corrected chi connectivity index (χ0v) is 14.7. The van der Waals surface area contributed by atoms with Gasteiger partial charge < -0.3 is 9.84 Å². The Morgan fingerprint density at radius 1 is 0.741 bits per heavy atom. The number of hydrogen-bond donors (Lipinski definition) is 1. The Morgan fingerprint density at radius 3 is 1.89 bits per heavy atom. The number of hydrogen-bond acceptors (Lipinski definition) is 3. The second-order valence-corrected chi connectivity index (χ2v) is 6.27. The maximum Gasteiger partial charge on any atom is 0.303 e. The molecule has 0 bridgehead atoms. The van der Waals surface area contributed by atoms with Crippen LogP contribution < -0.4 is 4.74 Å². The van der Waals surface area contributed by atoms with Gasteiger partial charge in [-0.2, -0.15) is 0 Å². The number of carbonyl (C=O) groups excluding carboxylic acids is 1. The number of para-hydroxylation sites is 1. The van der Waals surface area contributed by atoms with Crippen LogP contribution in [0.3, 0.4) is 0 Å². The Morgan fingerprint density at radius 2 is 1.30 bits per heavy atom. The monoisotopic (exact) mass is 360 g/mol. The first-order chi connectivity index (χ1) is 13.1. The van der Waals surface area contributed by atoms with E-state index in [0.717, 1.165) is 11.3 Å². The van der Waals surface area contributed by atoms with Crippen LogP contribution in [0.25, 0.3) is 0 Å². The predicted molar refractivity (Wildman–Crippen MR) is 103 cm³/mol. The van der Waals surface area contributed by atoms with E-state index in [0.29, 0.717) is 11.3 Å². The highest BCUT2D eigenvalue weighted by atomic mass is 16.5. The third-order valence-electron chi connectivity index (χ3n) is 4.28. The number of carboxylic acid groups (broad SMARTS) is 1. The summed E-state index contributed by atoms with van der Waals surface area (Å²) >= 11 is 0. The molecular formula is C23H20O4. The van der Waals surface area contributed by atoms with Gasteiger partial charge in [-0.15, -0.1) is 0 Å². The van der Waals surface area contributed by atoms with Crippen LogP contribution in [0.15, 0.2) is 84.9 Å². The van der Waals surface area contributed by atoms with Gasteiger partial charge in [0, 0.05) is 17.9 Å². The summed E-state index contributed by atoms with van der Waals surface area (Å²) in [5.74, 6) is 0.0149. The molecule has 0 fully saturated rings. The van der Waals surface area contributed by atoms with Crippen molar-refractivity contribution >= 4 is 11.8 Å². The number of benzene rings is 3. The lowest BCUT2D eigenvalue weighted by atomic mass is 9.89. The number of rotatable bonds is 8. The fourth-order valence-corrected chi connectivity index (χ4v) is 2.92. The number of carbonyl (C=O) groups is 2. The molecule has 0 spiro atoms. The van der Waals surface area contributed by atoms with Crippen molar-refractivity contribution in [3.05, 3.63) is 96.1 Å². The molecular weight excluding hydrogens is 340 g/mol. The van der Waals surface area contributed by atoms with E-state index < -0.39 is 5.97 Å². The minimum atomic E-state index is -0.914. The van der Waals surface area contributed by atoms with Gasteiger partial charge in [0.2, 0.25) is 0 Å². The van der Waals surface area contributed by atoms with E-state index in [-0.39, 0.29) is 24.5 Å². The van der Waals surface area contributed by atoms with Gasteiger partial charge in [-0.1, -0.05) is 48.5 Å². The molecule has 1 unspecified atom stereocenters. The third kappa shape index (κ3) is 5.28. The molecule has 1 N–H and O–H groups in total. The zero-order chi connectivity index (χ0) is 19.1. The Bertz CT molecular complexity index is 887. The first kappa shape index (κ1) is 18.4. The predicted octanol–water partition coefficient (Wildman–Crippen LogP) is 5.31.